The highest BCUT2D eigenvalue weighted by atomic mass is 19.1. The van der Waals surface area contributed by atoms with Gasteiger partial charge < -0.3 is 5.32 Å². The van der Waals surface area contributed by atoms with Crippen LogP contribution in [0.4, 0.5) is 8.78 Å². The highest BCUT2D eigenvalue weighted by Gasteiger charge is 2.07. The zero-order valence-corrected chi connectivity index (χ0v) is 11.5. The summed E-state index contributed by atoms with van der Waals surface area (Å²) in [6.07, 6.45) is 2.99. The number of nitrogens with one attached hydrogen (secondary N) is 1. The first-order chi connectivity index (χ1) is 10.0. The van der Waals surface area contributed by atoms with E-state index in [1.165, 1.54) is 30.3 Å². The summed E-state index contributed by atoms with van der Waals surface area (Å²) in [5.41, 5.74) is 1.56. The SMILES string of the molecule is CC(NC(=O)/C=C/c1ccc(F)cc1)c1ccc(F)cc1. The van der Waals surface area contributed by atoms with Crippen molar-refractivity contribution in [1.82, 2.24) is 5.32 Å². The zero-order valence-electron chi connectivity index (χ0n) is 11.5. The average Bonchev–Trinajstić information content (AvgIpc) is 2.47. The van der Waals surface area contributed by atoms with Crippen LogP contribution in [-0.4, -0.2) is 5.91 Å². The minimum Gasteiger partial charge on any atom is -0.346 e. The third-order valence-corrected chi connectivity index (χ3v) is 3.03. The van der Waals surface area contributed by atoms with E-state index >= 15 is 0 Å². The Bertz CT molecular complexity index is 633. The average molecular weight is 287 g/mol. The lowest BCUT2D eigenvalue weighted by Gasteiger charge is -2.12. The van der Waals surface area contributed by atoms with Crippen molar-refractivity contribution in [2.75, 3.05) is 0 Å². The van der Waals surface area contributed by atoms with E-state index < -0.39 is 0 Å². The first-order valence-electron chi connectivity index (χ1n) is 6.54. The number of amides is 1. The number of carbonyl (C=O) groups is 1. The van der Waals surface area contributed by atoms with Gasteiger partial charge in [-0.1, -0.05) is 24.3 Å². The fourth-order valence-electron chi connectivity index (χ4n) is 1.84. The second-order valence-corrected chi connectivity index (χ2v) is 4.67. The van der Waals surface area contributed by atoms with Crippen LogP contribution in [0.1, 0.15) is 24.1 Å². The van der Waals surface area contributed by atoms with E-state index in [-0.39, 0.29) is 23.6 Å². The second-order valence-electron chi connectivity index (χ2n) is 4.67. The van der Waals surface area contributed by atoms with Crippen molar-refractivity contribution >= 4 is 12.0 Å². The standard InChI is InChI=1S/C17H15F2NO/c1-12(14-5-9-16(19)10-6-14)20-17(21)11-4-13-2-7-15(18)8-3-13/h2-12H,1H3,(H,20,21)/b11-4+. The van der Waals surface area contributed by atoms with Gasteiger partial charge in [-0.25, -0.2) is 8.78 Å². The molecule has 1 unspecified atom stereocenters. The van der Waals surface area contributed by atoms with Gasteiger partial charge in [0.05, 0.1) is 6.04 Å². The van der Waals surface area contributed by atoms with Gasteiger partial charge in [0.1, 0.15) is 11.6 Å². The van der Waals surface area contributed by atoms with Gasteiger partial charge in [0, 0.05) is 6.08 Å². The molecule has 0 radical (unpaired) electrons. The molecule has 0 saturated heterocycles. The quantitative estimate of drug-likeness (QED) is 0.850. The number of rotatable bonds is 4. The smallest absolute Gasteiger partial charge is 0.244 e. The molecule has 0 saturated carbocycles. The first kappa shape index (κ1) is 14.9. The van der Waals surface area contributed by atoms with Crippen LogP contribution in [0.3, 0.4) is 0 Å². The molecule has 0 aliphatic heterocycles. The van der Waals surface area contributed by atoms with Crippen LogP contribution in [0.2, 0.25) is 0 Å². The lowest BCUT2D eigenvalue weighted by Crippen LogP contribution is -2.24. The van der Waals surface area contributed by atoms with Crippen LogP contribution < -0.4 is 5.32 Å². The molecule has 0 fully saturated rings. The fraction of sp³-hybridized carbons (Fsp3) is 0.118. The van der Waals surface area contributed by atoms with Gasteiger partial charge in [-0.2, -0.15) is 0 Å². The Kier molecular flexibility index (Phi) is 4.82. The first-order valence-corrected chi connectivity index (χ1v) is 6.54. The van der Waals surface area contributed by atoms with Gasteiger partial charge >= 0.3 is 0 Å². The third-order valence-electron chi connectivity index (χ3n) is 3.03. The van der Waals surface area contributed by atoms with E-state index in [1.54, 1.807) is 30.3 Å². The molecule has 1 N–H and O–H groups in total. The number of halogens is 2. The predicted molar refractivity (Wildman–Crippen MR) is 78.4 cm³/mol. The number of hydrogen-bond donors (Lipinski definition) is 1. The maximum Gasteiger partial charge on any atom is 0.244 e. The molecule has 0 heterocycles. The molecule has 2 aromatic rings. The number of hydrogen-bond acceptors (Lipinski definition) is 1. The highest BCUT2D eigenvalue weighted by Crippen LogP contribution is 2.13. The second kappa shape index (κ2) is 6.79. The molecule has 2 nitrogen and oxygen atoms in total. The summed E-state index contributed by atoms with van der Waals surface area (Å²) in [4.78, 5) is 11.8. The summed E-state index contributed by atoms with van der Waals surface area (Å²) in [6.45, 7) is 1.82. The molecule has 0 aromatic heterocycles. The Morgan fingerprint density at radius 1 is 1.00 bits per heavy atom. The number of benzene rings is 2. The van der Waals surface area contributed by atoms with Gasteiger partial charge in [-0.15, -0.1) is 0 Å². The van der Waals surface area contributed by atoms with Crippen molar-refractivity contribution in [1.29, 1.82) is 0 Å². The molecule has 21 heavy (non-hydrogen) atoms. The monoisotopic (exact) mass is 287 g/mol. The van der Waals surface area contributed by atoms with E-state index in [4.69, 9.17) is 0 Å². The molecule has 0 spiro atoms. The Balaban J connectivity index is 1.94. The Labute approximate surface area is 122 Å². The van der Waals surface area contributed by atoms with Gasteiger partial charge in [0.25, 0.3) is 0 Å². The van der Waals surface area contributed by atoms with Crippen LogP contribution in [0.5, 0.6) is 0 Å². The molecule has 0 aliphatic rings. The summed E-state index contributed by atoms with van der Waals surface area (Å²) >= 11 is 0. The van der Waals surface area contributed by atoms with Gasteiger partial charge in [-0.3, -0.25) is 4.79 Å². The molecule has 1 atom stereocenters. The highest BCUT2D eigenvalue weighted by molar-refractivity contribution is 5.91. The van der Waals surface area contributed by atoms with Crippen molar-refractivity contribution in [3.8, 4) is 0 Å². The Morgan fingerprint density at radius 2 is 1.52 bits per heavy atom. The van der Waals surface area contributed by atoms with E-state index in [0.717, 1.165) is 11.1 Å². The normalized spacial score (nSPS) is 12.3. The predicted octanol–water partition coefficient (Wildman–Crippen LogP) is 3.86. The minimum atomic E-state index is -0.318. The molecule has 0 bridgehead atoms. The van der Waals surface area contributed by atoms with Crippen molar-refractivity contribution in [2.24, 2.45) is 0 Å². The molecule has 2 rings (SSSR count). The Hall–Kier alpha value is -2.49. The van der Waals surface area contributed by atoms with Gasteiger partial charge in [-0.05, 0) is 48.4 Å². The summed E-state index contributed by atoms with van der Waals surface area (Å²) in [5, 5.41) is 2.77. The molecule has 2 aromatic carbocycles. The van der Waals surface area contributed by atoms with E-state index in [9.17, 15) is 13.6 Å². The van der Waals surface area contributed by atoms with Gasteiger partial charge in [0.15, 0.2) is 0 Å². The summed E-state index contributed by atoms with van der Waals surface area (Å²) in [6, 6.07) is 11.6. The lowest BCUT2D eigenvalue weighted by atomic mass is 10.1. The lowest BCUT2D eigenvalue weighted by molar-refractivity contribution is -0.117. The van der Waals surface area contributed by atoms with Gasteiger partial charge in [0.2, 0.25) is 5.91 Å². The summed E-state index contributed by atoms with van der Waals surface area (Å²) in [5.74, 6) is -0.897. The van der Waals surface area contributed by atoms with E-state index in [1.807, 2.05) is 6.92 Å². The fourth-order valence-corrected chi connectivity index (χ4v) is 1.84. The van der Waals surface area contributed by atoms with Crippen molar-refractivity contribution in [3.63, 3.8) is 0 Å². The largest absolute Gasteiger partial charge is 0.346 e. The third kappa shape index (κ3) is 4.53. The molecule has 108 valence electrons. The number of carbonyl (C=O) groups excluding carboxylic acids is 1. The maximum absolute atomic E-state index is 12.8. The van der Waals surface area contributed by atoms with Crippen molar-refractivity contribution in [3.05, 3.63) is 77.4 Å². The maximum atomic E-state index is 12.8. The summed E-state index contributed by atoms with van der Waals surface area (Å²) < 4.78 is 25.6. The Morgan fingerprint density at radius 3 is 2.10 bits per heavy atom. The van der Waals surface area contributed by atoms with Crippen molar-refractivity contribution < 1.29 is 13.6 Å². The molecule has 4 heteroatoms. The van der Waals surface area contributed by atoms with E-state index in [0.29, 0.717) is 0 Å². The van der Waals surface area contributed by atoms with Crippen LogP contribution in [0.25, 0.3) is 6.08 Å². The van der Waals surface area contributed by atoms with E-state index in [2.05, 4.69) is 5.32 Å². The van der Waals surface area contributed by atoms with Crippen LogP contribution >= 0.6 is 0 Å². The van der Waals surface area contributed by atoms with Crippen LogP contribution in [0, 0.1) is 11.6 Å². The zero-order chi connectivity index (χ0) is 15.2. The van der Waals surface area contributed by atoms with Crippen LogP contribution in [-0.2, 0) is 4.79 Å². The molecular formula is C17H15F2NO. The molecule has 0 aliphatic carbocycles. The minimum absolute atomic E-state index is 0.226. The summed E-state index contributed by atoms with van der Waals surface area (Å²) in [7, 11) is 0. The molecule has 1 amide bonds. The van der Waals surface area contributed by atoms with Crippen molar-refractivity contribution in [2.45, 2.75) is 13.0 Å². The van der Waals surface area contributed by atoms with Crippen LogP contribution in [0.15, 0.2) is 54.6 Å². The molecular weight excluding hydrogens is 272 g/mol. The topological polar surface area (TPSA) is 29.1 Å².